The average molecular weight is 336 g/mol. The van der Waals surface area contributed by atoms with Crippen molar-refractivity contribution >= 4 is 17.5 Å². The Hall–Kier alpha value is -2.92. The Morgan fingerprint density at radius 1 is 1.12 bits per heavy atom. The number of rotatable bonds is 6. The van der Waals surface area contributed by atoms with E-state index in [0.29, 0.717) is 24.4 Å². The molecular formula is C20H20N2O3. The van der Waals surface area contributed by atoms with Gasteiger partial charge in [0, 0.05) is 30.5 Å². The van der Waals surface area contributed by atoms with Crippen LogP contribution in [-0.2, 0) is 22.7 Å². The molecule has 1 aliphatic heterocycles. The van der Waals surface area contributed by atoms with Crippen molar-refractivity contribution in [2.45, 2.75) is 13.2 Å². The van der Waals surface area contributed by atoms with Crippen LogP contribution >= 0.6 is 0 Å². The number of methoxy groups -OCH3 is 1. The molecule has 0 atom stereocenters. The number of nitrogens with one attached hydrogen (secondary N) is 1. The Kier molecular flexibility index (Phi) is 4.95. The van der Waals surface area contributed by atoms with Crippen LogP contribution in [-0.4, -0.2) is 30.4 Å². The fourth-order valence-electron chi connectivity index (χ4n) is 2.90. The first kappa shape index (κ1) is 16.9. The van der Waals surface area contributed by atoms with Crippen molar-refractivity contribution in [1.82, 2.24) is 10.2 Å². The van der Waals surface area contributed by atoms with Crippen molar-refractivity contribution in [2.75, 3.05) is 13.7 Å². The number of benzene rings is 2. The average Bonchev–Trinajstić information content (AvgIpc) is 2.86. The minimum absolute atomic E-state index is 0.0376. The van der Waals surface area contributed by atoms with Crippen LogP contribution in [0.5, 0.6) is 0 Å². The lowest BCUT2D eigenvalue weighted by atomic mass is 10.1. The van der Waals surface area contributed by atoms with Crippen LogP contribution in [0.2, 0.25) is 0 Å². The number of ether oxygens (including phenoxy) is 1. The molecule has 0 radical (unpaired) electrons. The molecule has 0 saturated carbocycles. The number of hydrogen-bond acceptors (Lipinski definition) is 3. The van der Waals surface area contributed by atoms with Gasteiger partial charge in [0.1, 0.15) is 6.54 Å². The maximum atomic E-state index is 12.4. The van der Waals surface area contributed by atoms with Gasteiger partial charge < -0.3 is 10.1 Å². The van der Waals surface area contributed by atoms with E-state index in [1.807, 2.05) is 36.4 Å². The van der Waals surface area contributed by atoms with E-state index in [-0.39, 0.29) is 18.4 Å². The Morgan fingerprint density at radius 2 is 1.84 bits per heavy atom. The third-order valence-electron chi connectivity index (χ3n) is 4.13. The molecule has 2 aromatic rings. The third kappa shape index (κ3) is 3.61. The van der Waals surface area contributed by atoms with Gasteiger partial charge in [-0.25, -0.2) is 0 Å². The molecule has 5 nitrogen and oxygen atoms in total. The van der Waals surface area contributed by atoms with Crippen LogP contribution in [0.4, 0.5) is 0 Å². The van der Waals surface area contributed by atoms with Gasteiger partial charge in [0.05, 0.1) is 6.61 Å². The summed E-state index contributed by atoms with van der Waals surface area (Å²) in [4.78, 5) is 26.1. The van der Waals surface area contributed by atoms with E-state index < -0.39 is 0 Å². The summed E-state index contributed by atoms with van der Waals surface area (Å²) in [7, 11) is 1.65. The lowest BCUT2D eigenvalue weighted by Crippen LogP contribution is -2.36. The van der Waals surface area contributed by atoms with Gasteiger partial charge >= 0.3 is 0 Å². The van der Waals surface area contributed by atoms with E-state index in [9.17, 15) is 9.59 Å². The van der Waals surface area contributed by atoms with Gasteiger partial charge in [-0.1, -0.05) is 49.0 Å². The zero-order valence-electron chi connectivity index (χ0n) is 14.1. The lowest BCUT2D eigenvalue weighted by molar-refractivity contribution is -0.121. The zero-order chi connectivity index (χ0) is 17.8. The van der Waals surface area contributed by atoms with Crippen molar-refractivity contribution in [3.05, 3.63) is 77.4 Å². The maximum absolute atomic E-state index is 12.4. The largest absolute Gasteiger partial charge is 0.380 e. The molecule has 1 aliphatic rings. The summed E-state index contributed by atoms with van der Waals surface area (Å²) in [6.07, 6.45) is 0. The summed E-state index contributed by atoms with van der Waals surface area (Å²) in [6.45, 7) is 4.83. The molecule has 1 N–H and O–H groups in total. The quantitative estimate of drug-likeness (QED) is 0.882. The van der Waals surface area contributed by atoms with E-state index in [4.69, 9.17) is 4.74 Å². The maximum Gasteiger partial charge on any atom is 0.259 e. The lowest BCUT2D eigenvalue weighted by Gasteiger charge is -2.17. The van der Waals surface area contributed by atoms with Crippen molar-refractivity contribution in [3.63, 3.8) is 0 Å². The standard InChI is InChI=1S/C20H20N2O3/c1-14-17-8-3-4-9-18(17)20(24)22(14)12-19(23)21-11-15-6-5-7-16(10-15)13-25-2/h3-10H,1,11-13H2,2H3,(H,21,23). The number of carbonyl (C=O) groups is 2. The summed E-state index contributed by atoms with van der Waals surface area (Å²) in [5, 5.41) is 2.85. The fourth-order valence-corrected chi connectivity index (χ4v) is 2.90. The Bertz CT molecular complexity index is 794. The fraction of sp³-hybridized carbons (Fsp3) is 0.200. The van der Waals surface area contributed by atoms with Crippen LogP contribution in [0.25, 0.3) is 5.70 Å². The Morgan fingerprint density at radius 3 is 2.56 bits per heavy atom. The number of hydrogen-bond donors (Lipinski definition) is 1. The van der Waals surface area contributed by atoms with Gasteiger partial charge in [-0.3, -0.25) is 14.5 Å². The summed E-state index contributed by atoms with van der Waals surface area (Å²) < 4.78 is 5.11. The summed E-state index contributed by atoms with van der Waals surface area (Å²) in [6, 6.07) is 15.1. The first-order valence-electron chi connectivity index (χ1n) is 8.04. The van der Waals surface area contributed by atoms with Crippen LogP contribution in [0.3, 0.4) is 0 Å². The summed E-state index contributed by atoms with van der Waals surface area (Å²) in [5.41, 5.74) is 3.98. The zero-order valence-corrected chi connectivity index (χ0v) is 14.1. The number of carbonyl (C=O) groups excluding carboxylic acids is 2. The molecule has 128 valence electrons. The molecule has 2 aromatic carbocycles. The molecule has 0 unspecified atom stereocenters. The molecule has 0 aliphatic carbocycles. The van der Waals surface area contributed by atoms with E-state index in [1.54, 1.807) is 19.2 Å². The predicted molar refractivity (Wildman–Crippen MR) is 95.5 cm³/mol. The molecular weight excluding hydrogens is 316 g/mol. The highest BCUT2D eigenvalue weighted by molar-refractivity contribution is 6.10. The Labute approximate surface area is 146 Å². The highest BCUT2D eigenvalue weighted by Gasteiger charge is 2.31. The molecule has 0 bridgehead atoms. The van der Waals surface area contributed by atoms with E-state index in [1.165, 1.54) is 4.90 Å². The first-order valence-corrected chi connectivity index (χ1v) is 8.04. The van der Waals surface area contributed by atoms with E-state index in [0.717, 1.165) is 16.7 Å². The third-order valence-corrected chi connectivity index (χ3v) is 4.13. The molecule has 0 spiro atoms. The van der Waals surface area contributed by atoms with Gasteiger partial charge in [0.15, 0.2) is 0 Å². The minimum atomic E-state index is -0.223. The van der Waals surface area contributed by atoms with Crippen molar-refractivity contribution in [2.24, 2.45) is 0 Å². The van der Waals surface area contributed by atoms with Crippen LogP contribution < -0.4 is 5.32 Å². The number of amides is 2. The number of nitrogens with zero attached hydrogens (tertiary/aromatic N) is 1. The SMILES string of the molecule is C=C1c2ccccc2C(=O)N1CC(=O)NCc1cccc(COC)c1. The van der Waals surface area contributed by atoms with Crippen molar-refractivity contribution < 1.29 is 14.3 Å². The van der Waals surface area contributed by atoms with Crippen LogP contribution in [0, 0.1) is 0 Å². The van der Waals surface area contributed by atoms with Gasteiger partial charge in [-0.15, -0.1) is 0 Å². The van der Waals surface area contributed by atoms with Gasteiger partial charge in [-0.05, 0) is 17.2 Å². The topological polar surface area (TPSA) is 58.6 Å². The normalized spacial score (nSPS) is 13.1. The molecule has 2 amide bonds. The smallest absolute Gasteiger partial charge is 0.259 e. The second-order valence-electron chi connectivity index (χ2n) is 5.91. The highest BCUT2D eigenvalue weighted by Crippen LogP contribution is 2.30. The Balaban J connectivity index is 1.60. The molecule has 0 aromatic heterocycles. The molecule has 0 saturated heterocycles. The van der Waals surface area contributed by atoms with Crippen molar-refractivity contribution in [1.29, 1.82) is 0 Å². The van der Waals surface area contributed by atoms with Gasteiger partial charge in [-0.2, -0.15) is 0 Å². The molecule has 0 fully saturated rings. The van der Waals surface area contributed by atoms with E-state index >= 15 is 0 Å². The minimum Gasteiger partial charge on any atom is -0.380 e. The molecule has 25 heavy (non-hydrogen) atoms. The summed E-state index contributed by atoms with van der Waals surface area (Å²) in [5.74, 6) is -0.405. The van der Waals surface area contributed by atoms with Gasteiger partial charge in [0.25, 0.3) is 5.91 Å². The summed E-state index contributed by atoms with van der Waals surface area (Å²) >= 11 is 0. The first-order chi connectivity index (χ1) is 12.1. The number of fused-ring (bicyclic) bond motifs is 1. The predicted octanol–water partition coefficient (Wildman–Crippen LogP) is 2.58. The second kappa shape index (κ2) is 7.32. The van der Waals surface area contributed by atoms with Gasteiger partial charge in [0.2, 0.25) is 5.91 Å². The molecule has 3 rings (SSSR count). The monoisotopic (exact) mass is 336 g/mol. The van der Waals surface area contributed by atoms with Crippen molar-refractivity contribution in [3.8, 4) is 0 Å². The molecule has 1 heterocycles. The van der Waals surface area contributed by atoms with Crippen LogP contribution in [0.15, 0.2) is 55.1 Å². The second-order valence-corrected chi connectivity index (χ2v) is 5.91. The van der Waals surface area contributed by atoms with E-state index in [2.05, 4.69) is 11.9 Å². The van der Waals surface area contributed by atoms with Crippen LogP contribution in [0.1, 0.15) is 27.0 Å². The molecule has 5 heteroatoms. The highest BCUT2D eigenvalue weighted by atomic mass is 16.5.